The number of hydrogen-bond acceptors (Lipinski definition) is 4. The van der Waals surface area contributed by atoms with Crippen LogP contribution in [-0.2, 0) is 25.7 Å². The van der Waals surface area contributed by atoms with Crippen molar-refractivity contribution in [3.8, 4) is 0 Å². The molecule has 0 bridgehead atoms. The molecule has 5 aliphatic rings. The van der Waals surface area contributed by atoms with Gasteiger partial charge in [0.1, 0.15) is 6.61 Å². The van der Waals surface area contributed by atoms with E-state index in [-0.39, 0.29) is 33.6 Å². The number of rotatable bonds is 7. The van der Waals surface area contributed by atoms with Gasteiger partial charge < -0.3 is 9.47 Å². The summed E-state index contributed by atoms with van der Waals surface area (Å²) in [6.45, 7) is 22.0. The SMILES string of the molecule is C=C(C)[C@@H]1CC[C@]2(C(=O)OCc3ccccc3)CC[C@]3(C)[C@H](CC[C@@H]4[C@@]5(C)CC=C(C=CC(=O)OCC)C(C)(C)[C@@H]5CC[C@]43C)[C@@H]12. The fourth-order valence-electron chi connectivity index (χ4n) is 12.6. The van der Waals surface area contributed by atoms with Gasteiger partial charge in [-0.05, 0) is 134 Å². The lowest BCUT2D eigenvalue weighted by Gasteiger charge is -2.72. The average molecular weight is 627 g/mol. The fraction of sp³-hybridized carbons (Fsp3) is 0.667. The van der Waals surface area contributed by atoms with E-state index in [0.29, 0.717) is 42.8 Å². The number of ether oxygens (including phenoxy) is 2. The molecule has 5 aliphatic carbocycles. The van der Waals surface area contributed by atoms with E-state index in [0.717, 1.165) is 37.7 Å². The maximum atomic E-state index is 14.3. The number of benzene rings is 1. The molecule has 4 nitrogen and oxygen atoms in total. The zero-order valence-corrected chi connectivity index (χ0v) is 29.6. The highest BCUT2D eigenvalue weighted by molar-refractivity contribution is 5.82. The summed E-state index contributed by atoms with van der Waals surface area (Å²) >= 11 is 0. The van der Waals surface area contributed by atoms with Crippen LogP contribution in [0.4, 0.5) is 0 Å². The Labute approximate surface area is 278 Å². The van der Waals surface area contributed by atoms with Crippen molar-refractivity contribution in [2.45, 2.75) is 113 Å². The molecule has 0 unspecified atom stereocenters. The summed E-state index contributed by atoms with van der Waals surface area (Å²) in [5, 5.41) is 0. The van der Waals surface area contributed by atoms with Crippen LogP contribution in [0.1, 0.15) is 112 Å². The summed E-state index contributed by atoms with van der Waals surface area (Å²) < 4.78 is 11.4. The lowest BCUT2D eigenvalue weighted by Crippen LogP contribution is -2.66. The molecule has 4 heteroatoms. The summed E-state index contributed by atoms with van der Waals surface area (Å²) in [4.78, 5) is 26.4. The molecule has 0 saturated heterocycles. The van der Waals surface area contributed by atoms with Crippen molar-refractivity contribution >= 4 is 11.9 Å². The number of carbonyl (C=O) groups excluding carboxylic acids is 2. The van der Waals surface area contributed by atoms with Crippen molar-refractivity contribution in [3.05, 3.63) is 71.8 Å². The van der Waals surface area contributed by atoms with E-state index in [9.17, 15) is 9.59 Å². The topological polar surface area (TPSA) is 52.6 Å². The van der Waals surface area contributed by atoms with Crippen LogP contribution in [0.3, 0.4) is 0 Å². The second-order valence-corrected chi connectivity index (χ2v) is 17.1. The largest absolute Gasteiger partial charge is 0.463 e. The van der Waals surface area contributed by atoms with E-state index in [4.69, 9.17) is 9.47 Å². The third-order valence-electron chi connectivity index (χ3n) is 15.0. The molecule has 1 aromatic carbocycles. The van der Waals surface area contributed by atoms with Gasteiger partial charge in [-0.2, -0.15) is 0 Å². The van der Waals surface area contributed by atoms with Gasteiger partial charge in [-0.15, -0.1) is 0 Å². The van der Waals surface area contributed by atoms with E-state index in [1.165, 1.54) is 36.8 Å². The fourth-order valence-corrected chi connectivity index (χ4v) is 12.6. The number of carbonyl (C=O) groups is 2. The third-order valence-corrected chi connectivity index (χ3v) is 15.0. The Morgan fingerprint density at radius 3 is 2.33 bits per heavy atom. The van der Waals surface area contributed by atoms with Gasteiger partial charge in [0.05, 0.1) is 12.0 Å². The van der Waals surface area contributed by atoms with Gasteiger partial charge >= 0.3 is 11.9 Å². The van der Waals surface area contributed by atoms with Crippen LogP contribution in [0.15, 0.2) is 66.3 Å². The highest BCUT2D eigenvalue weighted by Gasteiger charge is 2.71. The molecular weight excluding hydrogens is 568 g/mol. The predicted molar refractivity (Wildman–Crippen MR) is 184 cm³/mol. The Balaban J connectivity index is 1.30. The van der Waals surface area contributed by atoms with Crippen LogP contribution in [0.5, 0.6) is 0 Å². The molecular formula is C42H58O4. The first-order valence-electron chi connectivity index (χ1n) is 18.2. The second kappa shape index (κ2) is 11.8. The van der Waals surface area contributed by atoms with Crippen molar-refractivity contribution in [3.63, 3.8) is 0 Å². The van der Waals surface area contributed by atoms with Crippen molar-refractivity contribution in [2.24, 2.45) is 56.7 Å². The average Bonchev–Trinajstić information content (AvgIpc) is 3.42. The van der Waals surface area contributed by atoms with E-state index < -0.39 is 5.41 Å². The minimum Gasteiger partial charge on any atom is -0.463 e. The van der Waals surface area contributed by atoms with Gasteiger partial charge in [-0.25, -0.2) is 4.79 Å². The quantitative estimate of drug-likeness (QED) is 0.172. The Bertz CT molecular complexity index is 1420. The van der Waals surface area contributed by atoms with Crippen molar-refractivity contribution < 1.29 is 19.1 Å². The number of fused-ring (bicyclic) bond motifs is 7. The highest BCUT2D eigenvalue weighted by atomic mass is 16.5. The highest BCUT2D eigenvalue weighted by Crippen LogP contribution is 2.77. The molecule has 0 N–H and O–H groups in total. The molecule has 0 spiro atoms. The van der Waals surface area contributed by atoms with E-state index in [1.807, 2.05) is 43.3 Å². The second-order valence-electron chi connectivity index (χ2n) is 17.1. The molecule has 6 rings (SSSR count). The maximum Gasteiger partial charge on any atom is 0.330 e. The Hall–Kier alpha value is -2.62. The van der Waals surface area contributed by atoms with Crippen molar-refractivity contribution in [2.75, 3.05) is 6.61 Å². The van der Waals surface area contributed by atoms with Gasteiger partial charge in [0.15, 0.2) is 0 Å². The molecule has 4 fully saturated rings. The molecule has 0 amide bonds. The Morgan fingerprint density at radius 2 is 1.63 bits per heavy atom. The Kier molecular flexibility index (Phi) is 8.55. The van der Waals surface area contributed by atoms with E-state index in [1.54, 1.807) is 6.08 Å². The number of allylic oxidation sites excluding steroid dienone is 4. The number of hydrogen-bond donors (Lipinski definition) is 0. The first kappa shape index (κ1) is 33.3. The summed E-state index contributed by atoms with van der Waals surface area (Å²) in [7, 11) is 0. The van der Waals surface area contributed by atoms with E-state index in [2.05, 4.69) is 54.2 Å². The molecule has 46 heavy (non-hydrogen) atoms. The molecule has 0 heterocycles. The summed E-state index contributed by atoms with van der Waals surface area (Å²) in [5.74, 6) is 2.13. The van der Waals surface area contributed by atoms with Crippen LogP contribution in [0.2, 0.25) is 0 Å². The lowest BCUT2D eigenvalue weighted by molar-refractivity contribution is -0.230. The Morgan fingerprint density at radius 1 is 0.891 bits per heavy atom. The van der Waals surface area contributed by atoms with E-state index >= 15 is 0 Å². The molecule has 0 aliphatic heterocycles. The maximum absolute atomic E-state index is 14.3. The number of esters is 2. The van der Waals surface area contributed by atoms with Crippen molar-refractivity contribution in [1.29, 1.82) is 0 Å². The van der Waals surface area contributed by atoms with Gasteiger partial charge in [0.25, 0.3) is 0 Å². The third kappa shape index (κ3) is 4.90. The predicted octanol–water partition coefficient (Wildman–Crippen LogP) is 10.0. The molecule has 4 saturated carbocycles. The van der Waals surface area contributed by atoms with Gasteiger partial charge in [0, 0.05) is 6.08 Å². The van der Waals surface area contributed by atoms with Crippen LogP contribution >= 0.6 is 0 Å². The van der Waals surface area contributed by atoms with Gasteiger partial charge in [0.2, 0.25) is 0 Å². The normalized spacial score (nSPS) is 40.9. The standard InChI is InChI=1S/C42H58O4/c1-9-45-35(43)18-15-30-19-22-39(6)33(38(30,4)5)21-23-41(8)34(39)17-16-32-36-31(28(2)3)20-24-42(36,26-25-40(32,41)7)37(44)46-27-29-13-11-10-12-14-29/h10-15,18-19,31-34,36H,2,9,16-17,20-27H2,1,3-8H3/t31-,32+,33-,34+,36+,39-,40+,41+,42-/m0/s1. The first-order chi connectivity index (χ1) is 21.7. The summed E-state index contributed by atoms with van der Waals surface area (Å²) in [6.07, 6.45) is 16.0. The lowest BCUT2D eigenvalue weighted by atomic mass is 9.32. The van der Waals surface area contributed by atoms with Crippen LogP contribution in [0.25, 0.3) is 0 Å². The monoisotopic (exact) mass is 626 g/mol. The minimum atomic E-state index is -0.400. The van der Waals surface area contributed by atoms with Crippen LogP contribution in [-0.4, -0.2) is 18.5 Å². The minimum absolute atomic E-state index is 0.0180. The molecule has 250 valence electrons. The first-order valence-corrected chi connectivity index (χ1v) is 18.2. The zero-order valence-electron chi connectivity index (χ0n) is 29.6. The summed E-state index contributed by atoms with van der Waals surface area (Å²) in [5.41, 5.74) is 3.72. The van der Waals surface area contributed by atoms with Crippen molar-refractivity contribution in [1.82, 2.24) is 0 Å². The molecule has 0 radical (unpaired) electrons. The smallest absolute Gasteiger partial charge is 0.330 e. The summed E-state index contributed by atoms with van der Waals surface area (Å²) in [6, 6.07) is 10.1. The van der Waals surface area contributed by atoms with Crippen LogP contribution in [0, 0.1) is 56.7 Å². The van der Waals surface area contributed by atoms with Gasteiger partial charge in [-0.1, -0.05) is 89.3 Å². The molecule has 9 atom stereocenters. The molecule has 0 aromatic heterocycles. The van der Waals surface area contributed by atoms with Gasteiger partial charge in [-0.3, -0.25) is 4.79 Å². The van der Waals surface area contributed by atoms with Crippen LogP contribution < -0.4 is 0 Å². The zero-order chi connectivity index (χ0) is 33.1. The molecule has 1 aromatic rings.